The summed E-state index contributed by atoms with van der Waals surface area (Å²) in [5, 5.41) is 10.8. The van der Waals surface area contributed by atoms with E-state index in [-0.39, 0.29) is 16.6 Å². The maximum absolute atomic E-state index is 12.1. The van der Waals surface area contributed by atoms with Crippen LogP contribution >= 0.6 is 0 Å². The third-order valence-electron chi connectivity index (χ3n) is 2.86. The Hall–Kier alpha value is -1.67. The van der Waals surface area contributed by atoms with Crippen molar-refractivity contribution in [2.45, 2.75) is 44.0 Å². The van der Waals surface area contributed by atoms with Gasteiger partial charge in [0, 0.05) is 12.1 Å². The molecule has 3 N–H and O–H groups in total. The van der Waals surface area contributed by atoms with Gasteiger partial charge in [-0.2, -0.15) is 0 Å². The molecule has 8 heteroatoms. The molecule has 0 saturated carbocycles. The number of nitro groups is 1. The lowest BCUT2D eigenvalue weighted by molar-refractivity contribution is -0.384. The number of hydrogen-bond donors (Lipinski definition) is 2. The average Bonchev–Trinajstić information content (AvgIpc) is 2.35. The van der Waals surface area contributed by atoms with Crippen LogP contribution in [-0.2, 0) is 10.0 Å². The summed E-state index contributed by atoms with van der Waals surface area (Å²) in [6, 6.07) is 3.24. The van der Waals surface area contributed by atoms with Crippen LogP contribution < -0.4 is 10.5 Å². The zero-order valence-electron chi connectivity index (χ0n) is 11.5. The van der Waals surface area contributed by atoms with E-state index in [0.29, 0.717) is 6.42 Å². The van der Waals surface area contributed by atoms with E-state index in [4.69, 9.17) is 5.73 Å². The SMILES string of the molecule is CCCCC(C)NS(=O)(=O)c1ccc(N)c([N+](=O)[O-])c1. The third kappa shape index (κ3) is 4.17. The van der Waals surface area contributed by atoms with Crippen molar-refractivity contribution in [3.63, 3.8) is 0 Å². The summed E-state index contributed by atoms with van der Waals surface area (Å²) in [4.78, 5) is 9.92. The van der Waals surface area contributed by atoms with Crippen molar-refractivity contribution in [2.24, 2.45) is 0 Å². The number of nitrogen functional groups attached to an aromatic ring is 1. The number of benzene rings is 1. The molecular weight excluding hydrogens is 282 g/mol. The number of anilines is 1. The molecule has 0 radical (unpaired) electrons. The molecule has 0 aliphatic carbocycles. The summed E-state index contributed by atoms with van der Waals surface area (Å²) in [6.07, 6.45) is 2.60. The van der Waals surface area contributed by atoms with Gasteiger partial charge in [0.25, 0.3) is 5.69 Å². The second-order valence-corrected chi connectivity index (χ2v) is 6.36. The van der Waals surface area contributed by atoms with Crippen LogP contribution in [0.25, 0.3) is 0 Å². The van der Waals surface area contributed by atoms with E-state index in [2.05, 4.69) is 4.72 Å². The van der Waals surface area contributed by atoms with Crippen LogP contribution in [0.2, 0.25) is 0 Å². The molecule has 1 aromatic rings. The van der Waals surface area contributed by atoms with E-state index >= 15 is 0 Å². The van der Waals surface area contributed by atoms with Crippen molar-refractivity contribution in [2.75, 3.05) is 5.73 Å². The van der Waals surface area contributed by atoms with Crippen molar-refractivity contribution in [3.05, 3.63) is 28.3 Å². The Morgan fingerprint density at radius 3 is 2.65 bits per heavy atom. The fourth-order valence-electron chi connectivity index (χ4n) is 1.75. The Morgan fingerprint density at radius 2 is 2.10 bits per heavy atom. The van der Waals surface area contributed by atoms with E-state index in [1.54, 1.807) is 6.92 Å². The van der Waals surface area contributed by atoms with Gasteiger partial charge in [0.15, 0.2) is 0 Å². The molecule has 0 aliphatic heterocycles. The average molecular weight is 301 g/mol. The quantitative estimate of drug-likeness (QED) is 0.454. The number of sulfonamides is 1. The van der Waals surface area contributed by atoms with Crippen LogP contribution in [-0.4, -0.2) is 19.4 Å². The molecule has 1 unspecified atom stereocenters. The van der Waals surface area contributed by atoms with Gasteiger partial charge in [-0.1, -0.05) is 19.8 Å². The molecule has 0 amide bonds. The molecule has 20 heavy (non-hydrogen) atoms. The summed E-state index contributed by atoms with van der Waals surface area (Å²) in [5.41, 5.74) is 4.97. The normalized spacial score (nSPS) is 13.1. The van der Waals surface area contributed by atoms with Gasteiger partial charge in [-0.15, -0.1) is 0 Å². The molecule has 0 heterocycles. The smallest absolute Gasteiger partial charge is 0.293 e. The van der Waals surface area contributed by atoms with Gasteiger partial charge < -0.3 is 5.73 Å². The van der Waals surface area contributed by atoms with Crippen LogP contribution in [0.3, 0.4) is 0 Å². The highest BCUT2D eigenvalue weighted by molar-refractivity contribution is 7.89. The summed E-state index contributed by atoms with van der Waals surface area (Å²) in [7, 11) is -3.77. The lowest BCUT2D eigenvalue weighted by Crippen LogP contribution is -2.32. The largest absolute Gasteiger partial charge is 0.393 e. The molecule has 0 aromatic heterocycles. The predicted octanol–water partition coefficient (Wildman–Crippen LogP) is 2.03. The van der Waals surface area contributed by atoms with Gasteiger partial charge in [0.2, 0.25) is 10.0 Å². The second-order valence-electron chi connectivity index (χ2n) is 4.64. The van der Waals surface area contributed by atoms with Gasteiger partial charge in [-0.25, -0.2) is 13.1 Å². The van der Waals surface area contributed by atoms with Crippen LogP contribution in [0.15, 0.2) is 23.1 Å². The Balaban J connectivity index is 2.98. The molecule has 0 saturated heterocycles. The fourth-order valence-corrected chi connectivity index (χ4v) is 3.05. The maximum atomic E-state index is 12.1. The third-order valence-corrected chi connectivity index (χ3v) is 4.44. The number of rotatable bonds is 7. The lowest BCUT2D eigenvalue weighted by atomic mass is 10.2. The van der Waals surface area contributed by atoms with E-state index in [9.17, 15) is 18.5 Å². The van der Waals surface area contributed by atoms with Crippen molar-refractivity contribution in [3.8, 4) is 0 Å². The van der Waals surface area contributed by atoms with E-state index < -0.39 is 20.6 Å². The molecular formula is C12H19N3O4S. The highest BCUT2D eigenvalue weighted by atomic mass is 32.2. The van der Waals surface area contributed by atoms with Crippen LogP contribution in [0, 0.1) is 10.1 Å². The highest BCUT2D eigenvalue weighted by Crippen LogP contribution is 2.24. The Bertz CT molecular complexity index is 586. The monoisotopic (exact) mass is 301 g/mol. The first-order valence-corrected chi connectivity index (χ1v) is 7.82. The lowest BCUT2D eigenvalue weighted by Gasteiger charge is -2.13. The van der Waals surface area contributed by atoms with Gasteiger partial charge in [0.1, 0.15) is 5.69 Å². The molecule has 1 atom stereocenters. The highest BCUT2D eigenvalue weighted by Gasteiger charge is 2.21. The molecule has 0 fully saturated rings. The van der Waals surface area contributed by atoms with Crippen LogP contribution in [0.1, 0.15) is 33.1 Å². The zero-order chi connectivity index (χ0) is 15.3. The summed E-state index contributed by atoms with van der Waals surface area (Å²) >= 11 is 0. The zero-order valence-corrected chi connectivity index (χ0v) is 12.3. The molecule has 112 valence electrons. The number of hydrogen-bond acceptors (Lipinski definition) is 5. The van der Waals surface area contributed by atoms with Crippen molar-refractivity contribution in [1.82, 2.24) is 4.72 Å². The summed E-state index contributed by atoms with van der Waals surface area (Å²) in [6.45, 7) is 3.78. The Kier molecular flexibility index (Phi) is 5.46. The first kappa shape index (κ1) is 16.4. The maximum Gasteiger partial charge on any atom is 0.293 e. The second kappa shape index (κ2) is 6.67. The van der Waals surface area contributed by atoms with Gasteiger partial charge in [-0.3, -0.25) is 10.1 Å². The Morgan fingerprint density at radius 1 is 1.45 bits per heavy atom. The summed E-state index contributed by atoms with van der Waals surface area (Å²) in [5.74, 6) is 0. The van der Waals surface area contributed by atoms with Crippen LogP contribution in [0.4, 0.5) is 11.4 Å². The van der Waals surface area contributed by atoms with E-state index in [1.807, 2.05) is 6.92 Å². The minimum atomic E-state index is -3.77. The first-order valence-electron chi connectivity index (χ1n) is 6.34. The summed E-state index contributed by atoms with van der Waals surface area (Å²) < 4.78 is 26.7. The number of nitrogens with one attached hydrogen (secondary N) is 1. The van der Waals surface area contributed by atoms with Gasteiger partial charge in [0.05, 0.1) is 9.82 Å². The van der Waals surface area contributed by atoms with Crippen molar-refractivity contribution in [1.29, 1.82) is 0 Å². The molecule has 1 rings (SSSR count). The number of nitrogens with two attached hydrogens (primary N) is 1. The van der Waals surface area contributed by atoms with Crippen LogP contribution in [0.5, 0.6) is 0 Å². The van der Waals surface area contributed by atoms with Gasteiger partial charge >= 0.3 is 0 Å². The number of unbranched alkanes of at least 4 members (excludes halogenated alkanes) is 1. The molecule has 0 bridgehead atoms. The van der Waals surface area contributed by atoms with E-state index in [1.165, 1.54) is 12.1 Å². The number of nitro benzene ring substituents is 1. The fraction of sp³-hybridized carbons (Fsp3) is 0.500. The van der Waals surface area contributed by atoms with Crippen molar-refractivity contribution >= 4 is 21.4 Å². The first-order chi connectivity index (χ1) is 9.27. The topological polar surface area (TPSA) is 115 Å². The minimum Gasteiger partial charge on any atom is -0.393 e. The molecule has 0 spiro atoms. The van der Waals surface area contributed by atoms with Crippen molar-refractivity contribution < 1.29 is 13.3 Å². The Labute approximate surface area is 118 Å². The molecule has 1 aromatic carbocycles. The molecule has 0 aliphatic rings. The predicted molar refractivity (Wildman–Crippen MR) is 76.8 cm³/mol. The number of nitrogens with zero attached hydrogens (tertiary/aromatic N) is 1. The molecule has 7 nitrogen and oxygen atoms in total. The minimum absolute atomic E-state index is 0.0621. The van der Waals surface area contributed by atoms with Gasteiger partial charge in [-0.05, 0) is 25.5 Å². The van der Waals surface area contributed by atoms with E-state index in [0.717, 1.165) is 18.9 Å². The standard InChI is InChI=1S/C12H19N3O4S/c1-3-4-5-9(2)14-20(18,19)10-6-7-11(13)12(8-10)15(16)17/h6-9,14H,3-5,13H2,1-2H3.